The summed E-state index contributed by atoms with van der Waals surface area (Å²) >= 11 is 0. The Bertz CT molecular complexity index is 340. The molecular formula is C15H22O2. The summed E-state index contributed by atoms with van der Waals surface area (Å²) in [5, 5.41) is 8.78. The van der Waals surface area contributed by atoms with Crippen molar-refractivity contribution in [2.45, 2.75) is 46.0 Å². The quantitative estimate of drug-likeness (QED) is 0.769. The highest BCUT2D eigenvalue weighted by Gasteiger charge is 2.03. The lowest BCUT2D eigenvalue weighted by Gasteiger charge is -2.09. The van der Waals surface area contributed by atoms with Crippen LogP contribution in [0.25, 0.3) is 0 Å². The van der Waals surface area contributed by atoms with Crippen molar-refractivity contribution in [2.24, 2.45) is 5.92 Å². The van der Waals surface area contributed by atoms with Crippen LogP contribution in [0.3, 0.4) is 0 Å². The molecule has 0 saturated carbocycles. The molecule has 1 atom stereocenters. The van der Waals surface area contributed by atoms with Gasteiger partial charge in [0, 0.05) is 0 Å². The molecule has 0 aliphatic carbocycles. The molecule has 1 unspecified atom stereocenters. The molecular weight excluding hydrogens is 212 g/mol. The van der Waals surface area contributed by atoms with Crippen molar-refractivity contribution in [1.82, 2.24) is 0 Å². The van der Waals surface area contributed by atoms with E-state index in [0.29, 0.717) is 5.56 Å². The second kappa shape index (κ2) is 7.10. The maximum atomic E-state index is 10.7. The van der Waals surface area contributed by atoms with Gasteiger partial charge in [-0.3, -0.25) is 0 Å². The highest BCUT2D eigenvalue weighted by molar-refractivity contribution is 5.87. The topological polar surface area (TPSA) is 37.3 Å². The van der Waals surface area contributed by atoms with E-state index in [1.165, 1.54) is 31.2 Å². The number of benzene rings is 1. The predicted octanol–water partition coefficient (Wildman–Crippen LogP) is 4.14. The van der Waals surface area contributed by atoms with Crippen molar-refractivity contribution >= 4 is 5.97 Å². The number of carboxylic acid groups (broad SMARTS) is 1. The van der Waals surface area contributed by atoms with Gasteiger partial charge in [-0.2, -0.15) is 0 Å². The molecule has 0 bridgehead atoms. The van der Waals surface area contributed by atoms with Gasteiger partial charge in [0.15, 0.2) is 0 Å². The summed E-state index contributed by atoms with van der Waals surface area (Å²) in [7, 11) is 0. The highest BCUT2D eigenvalue weighted by Crippen LogP contribution is 2.15. The standard InChI is InChI=1S/C15H22O2/c1-3-5-12(2)6-4-7-13-8-10-14(11-9-13)15(16)17/h8-12H,3-7H2,1-2H3,(H,16,17). The molecule has 0 radical (unpaired) electrons. The number of aromatic carboxylic acids is 1. The molecule has 0 spiro atoms. The molecule has 94 valence electrons. The maximum Gasteiger partial charge on any atom is 0.335 e. The Morgan fingerprint density at radius 2 is 1.88 bits per heavy atom. The molecule has 1 aromatic rings. The van der Waals surface area contributed by atoms with E-state index in [4.69, 9.17) is 5.11 Å². The maximum absolute atomic E-state index is 10.7. The van der Waals surface area contributed by atoms with E-state index in [1.807, 2.05) is 12.1 Å². The third-order valence-electron chi connectivity index (χ3n) is 3.14. The molecule has 0 aliphatic heterocycles. The van der Waals surface area contributed by atoms with E-state index in [-0.39, 0.29) is 0 Å². The Kier molecular flexibility index (Phi) is 5.75. The molecule has 0 saturated heterocycles. The van der Waals surface area contributed by atoms with Gasteiger partial charge in [0.05, 0.1) is 5.56 Å². The minimum Gasteiger partial charge on any atom is -0.478 e. The van der Waals surface area contributed by atoms with Crippen LogP contribution in [0.1, 0.15) is 55.5 Å². The minimum atomic E-state index is -0.854. The first-order valence-electron chi connectivity index (χ1n) is 6.45. The Hall–Kier alpha value is -1.31. The number of rotatable bonds is 7. The largest absolute Gasteiger partial charge is 0.478 e. The van der Waals surface area contributed by atoms with Crippen LogP contribution >= 0.6 is 0 Å². The van der Waals surface area contributed by atoms with Crippen LogP contribution in [0.4, 0.5) is 0 Å². The number of hydrogen-bond donors (Lipinski definition) is 1. The third-order valence-corrected chi connectivity index (χ3v) is 3.14. The first kappa shape index (κ1) is 13.8. The molecule has 2 heteroatoms. The van der Waals surface area contributed by atoms with Gasteiger partial charge >= 0.3 is 5.97 Å². The van der Waals surface area contributed by atoms with Crippen molar-refractivity contribution in [2.75, 3.05) is 0 Å². The van der Waals surface area contributed by atoms with E-state index in [2.05, 4.69) is 13.8 Å². The number of carboxylic acids is 1. The number of aryl methyl sites for hydroxylation is 1. The van der Waals surface area contributed by atoms with Crippen molar-refractivity contribution in [3.05, 3.63) is 35.4 Å². The van der Waals surface area contributed by atoms with Crippen LogP contribution < -0.4 is 0 Å². The molecule has 1 N–H and O–H groups in total. The monoisotopic (exact) mass is 234 g/mol. The van der Waals surface area contributed by atoms with E-state index < -0.39 is 5.97 Å². The summed E-state index contributed by atoms with van der Waals surface area (Å²) in [6.45, 7) is 4.53. The Labute approximate surface area is 104 Å². The molecule has 2 nitrogen and oxygen atoms in total. The second-order valence-corrected chi connectivity index (χ2v) is 4.79. The Balaban J connectivity index is 2.34. The van der Waals surface area contributed by atoms with Crippen LogP contribution in [0, 0.1) is 5.92 Å². The SMILES string of the molecule is CCCC(C)CCCc1ccc(C(=O)O)cc1. The van der Waals surface area contributed by atoms with Gasteiger partial charge in [0.1, 0.15) is 0 Å². The molecule has 0 amide bonds. The summed E-state index contributed by atoms with van der Waals surface area (Å²) in [6, 6.07) is 7.22. The molecule has 17 heavy (non-hydrogen) atoms. The molecule has 0 aromatic heterocycles. The van der Waals surface area contributed by atoms with E-state index in [0.717, 1.165) is 12.3 Å². The summed E-state index contributed by atoms with van der Waals surface area (Å²) < 4.78 is 0. The van der Waals surface area contributed by atoms with Crippen LogP contribution in [0.15, 0.2) is 24.3 Å². The zero-order valence-electron chi connectivity index (χ0n) is 10.8. The molecule has 0 fully saturated rings. The fourth-order valence-electron chi connectivity index (χ4n) is 2.11. The van der Waals surface area contributed by atoms with Gasteiger partial charge in [0.25, 0.3) is 0 Å². The van der Waals surface area contributed by atoms with Gasteiger partial charge in [-0.1, -0.05) is 45.2 Å². The fraction of sp³-hybridized carbons (Fsp3) is 0.533. The van der Waals surface area contributed by atoms with Crippen molar-refractivity contribution in [1.29, 1.82) is 0 Å². The van der Waals surface area contributed by atoms with Crippen LogP contribution in [0.5, 0.6) is 0 Å². The fourth-order valence-corrected chi connectivity index (χ4v) is 2.11. The summed E-state index contributed by atoms with van der Waals surface area (Å²) in [5.74, 6) is -0.0496. The summed E-state index contributed by atoms with van der Waals surface area (Å²) in [6.07, 6.45) is 6.06. The van der Waals surface area contributed by atoms with Crippen LogP contribution in [0.2, 0.25) is 0 Å². The molecule has 0 heterocycles. The number of hydrogen-bond acceptors (Lipinski definition) is 1. The Morgan fingerprint density at radius 3 is 2.41 bits per heavy atom. The zero-order valence-corrected chi connectivity index (χ0v) is 10.8. The van der Waals surface area contributed by atoms with E-state index in [9.17, 15) is 4.79 Å². The molecule has 1 rings (SSSR count). The van der Waals surface area contributed by atoms with Crippen molar-refractivity contribution < 1.29 is 9.90 Å². The minimum absolute atomic E-state index is 0.369. The summed E-state index contributed by atoms with van der Waals surface area (Å²) in [5.41, 5.74) is 1.60. The third kappa shape index (κ3) is 5.03. The van der Waals surface area contributed by atoms with Gasteiger partial charge in [-0.25, -0.2) is 4.79 Å². The van der Waals surface area contributed by atoms with Crippen molar-refractivity contribution in [3.63, 3.8) is 0 Å². The Morgan fingerprint density at radius 1 is 1.24 bits per heavy atom. The lowest BCUT2D eigenvalue weighted by Crippen LogP contribution is -1.97. The predicted molar refractivity (Wildman–Crippen MR) is 70.4 cm³/mol. The molecule has 1 aromatic carbocycles. The smallest absolute Gasteiger partial charge is 0.335 e. The first-order chi connectivity index (χ1) is 8.13. The van der Waals surface area contributed by atoms with Crippen LogP contribution in [-0.2, 0) is 6.42 Å². The van der Waals surface area contributed by atoms with Gasteiger partial charge in [-0.15, -0.1) is 0 Å². The second-order valence-electron chi connectivity index (χ2n) is 4.79. The lowest BCUT2D eigenvalue weighted by molar-refractivity contribution is 0.0697. The summed E-state index contributed by atoms with van der Waals surface area (Å²) in [4.78, 5) is 10.7. The van der Waals surface area contributed by atoms with Gasteiger partial charge < -0.3 is 5.11 Å². The lowest BCUT2D eigenvalue weighted by atomic mass is 9.97. The average Bonchev–Trinajstić information content (AvgIpc) is 2.30. The van der Waals surface area contributed by atoms with E-state index >= 15 is 0 Å². The number of carbonyl (C=O) groups is 1. The van der Waals surface area contributed by atoms with Gasteiger partial charge in [-0.05, 0) is 36.5 Å². The van der Waals surface area contributed by atoms with Crippen molar-refractivity contribution in [3.8, 4) is 0 Å². The van der Waals surface area contributed by atoms with Gasteiger partial charge in [0.2, 0.25) is 0 Å². The molecule has 0 aliphatic rings. The zero-order chi connectivity index (χ0) is 12.7. The normalized spacial score (nSPS) is 12.4. The first-order valence-corrected chi connectivity index (χ1v) is 6.45. The van der Waals surface area contributed by atoms with Crippen LogP contribution in [-0.4, -0.2) is 11.1 Å². The average molecular weight is 234 g/mol. The van der Waals surface area contributed by atoms with E-state index in [1.54, 1.807) is 12.1 Å². The highest BCUT2D eigenvalue weighted by atomic mass is 16.4.